The lowest BCUT2D eigenvalue weighted by Crippen LogP contribution is -2.50. The Morgan fingerprint density at radius 1 is 1.10 bits per heavy atom. The summed E-state index contributed by atoms with van der Waals surface area (Å²) in [6.07, 6.45) is -7.43. The van der Waals surface area contributed by atoms with Crippen LogP contribution in [0.5, 0.6) is 5.75 Å². The van der Waals surface area contributed by atoms with Gasteiger partial charge in [-0.15, -0.1) is 0 Å². The Bertz CT molecular complexity index is 1730. The third-order valence-corrected chi connectivity index (χ3v) is 9.29. The van der Waals surface area contributed by atoms with Gasteiger partial charge in [-0.05, 0) is 42.7 Å². The van der Waals surface area contributed by atoms with Gasteiger partial charge in [0.25, 0.3) is 0 Å². The molecule has 0 bridgehead atoms. The molecule has 2 aromatic carbocycles. The second-order valence-electron chi connectivity index (χ2n) is 11.6. The van der Waals surface area contributed by atoms with E-state index in [0.29, 0.717) is 29.7 Å². The molecule has 0 aliphatic carbocycles. The number of alkyl halides is 4. The topological polar surface area (TPSA) is 158 Å². The molecule has 6 N–H and O–H groups in total. The van der Waals surface area contributed by atoms with E-state index in [0.717, 1.165) is 4.57 Å². The maximum absolute atomic E-state index is 15.2. The smallest absolute Gasteiger partial charge is 0.406 e. The fourth-order valence-corrected chi connectivity index (χ4v) is 6.60. The van der Waals surface area contributed by atoms with Gasteiger partial charge in [0.1, 0.15) is 18.5 Å². The van der Waals surface area contributed by atoms with Crippen molar-refractivity contribution in [3.63, 3.8) is 0 Å². The quantitative estimate of drug-likeness (QED) is 0.102. The van der Waals surface area contributed by atoms with E-state index in [1.165, 1.54) is 38.5 Å². The second-order valence-corrected chi connectivity index (χ2v) is 13.4. The molecule has 0 saturated carbocycles. The first-order chi connectivity index (χ1) is 23.2. The van der Waals surface area contributed by atoms with Gasteiger partial charge in [0, 0.05) is 50.4 Å². The number of anilines is 2. The minimum absolute atomic E-state index is 0.0385. The average Bonchev–Trinajstić information content (AvgIpc) is 3.39. The normalized spacial score (nSPS) is 18.5. The highest BCUT2D eigenvalue weighted by Gasteiger charge is 2.32. The zero-order chi connectivity index (χ0) is 35.8. The summed E-state index contributed by atoms with van der Waals surface area (Å²) >= 11 is 0. The van der Waals surface area contributed by atoms with Crippen LogP contribution in [0.15, 0.2) is 47.4 Å². The monoisotopic (exact) mass is 715 g/mol. The number of fused-ring (bicyclic) bond motifs is 1. The van der Waals surface area contributed by atoms with Gasteiger partial charge in [0.2, 0.25) is 10.0 Å². The number of likely N-dealkylation sites (tertiary alicyclic amines) is 1. The molecule has 270 valence electrons. The Labute approximate surface area is 282 Å². The van der Waals surface area contributed by atoms with Crippen molar-refractivity contribution in [2.24, 2.45) is 0 Å². The summed E-state index contributed by atoms with van der Waals surface area (Å²) in [5, 5.41) is 35.0. The number of hydrogen-bond acceptors (Lipinski definition) is 10. The molecule has 1 aromatic heterocycles. The largest absolute Gasteiger partial charge is 0.495 e. The fraction of sp³-hybridized carbons (Fsp3) is 0.500. The van der Waals surface area contributed by atoms with Crippen molar-refractivity contribution in [3.8, 4) is 17.6 Å². The summed E-state index contributed by atoms with van der Waals surface area (Å²) in [5.74, 6) is 5.75. The van der Waals surface area contributed by atoms with E-state index in [-0.39, 0.29) is 48.1 Å². The van der Waals surface area contributed by atoms with Crippen LogP contribution in [0.2, 0.25) is 0 Å². The summed E-state index contributed by atoms with van der Waals surface area (Å²) in [4.78, 5) is 1.66. The molecule has 49 heavy (non-hydrogen) atoms. The van der Waals surface area contributed by atoms with Gasteiger partial charge in [-0.3, -0.25) is 4.90 Å². The minimum atomic E-state index is -4.55. The van der Waals surface area contributed by atoms with Crippen LogP contribution in [-0.2, 0) is 21.3 Å². The first kappa shape index (κ1) is 38.2. The van der Waals surface area contributed by atoms with Crippen LogP contribution >= 0.6 is 0 Å². The van der Waals surface area contributed by atoms with E-state index in [1.54, 1.807) is 18.2 Å². The lowest BCUT2D eigenvalue weighted by Gasteiger charge is -2.36. The van der Waals surface area contributed by atoms with E-state index in [4.69, 9.17) is 14.6 Å². The van der Waals surface area contributed by atoms with E-state index < -0.39 is 60.3 Å². The number of methoxy groups -OCH3 is 2. The number of β-amino-alcohol motifs (C(OH)–C–C–N with tert-alkyl or cyclic N) is 1. The van der Waals surface area contributed by atoms with Crippen LogP contribution < -0.4 is 20.1 Å². The number of halogens is 4. The molecule has 1 saturated heterocycles. The maximum atomic E-state index is 15.2. The third kappa shape index (κ3) is 10.4. The van der Waals surface area contributed by atoms with Crippen molar-refractivity contribution >= 4 is 32.3 Å². The second kappa shape index (κ2) is 16.9. The summed E-state index contributed by atoms with van der Waals surface area (Å²) < 4.78 is 94.9. The highest BCUT2D eigenvalue weighted by atomic mass is 32.2. The average molecular weight is 716 g/mol. The van der Waals surface area contributed by atoms with Gasteiger partial charge < -0.3 is 40.0 Å². The van der Waals surface area contributed by atoms with Gasteiger partial charge in [0.15, 0.2) is 0 Å². The molecule has 1 aliphatic rings. The van der Waals surface area contributed by atoms with Crippen molar-refractivity contribution in [1.82, 2.24) is 14.2 Å². The van der Waals surface area contributed by atoms with Crippen LogP contribution in [0.3, 0.4) is 0 Å². The molecule has 4 rings (SSSR count). The molecule has 12 nitrogen and oxygen atoms in total. The van der Waals surface area contributed by atoms with Crippen molar-refractivity contribution in [2.45, 2.75) is 48.5 Å². The van der Waals surface area contributed by atoms with Crippen LogP contribution in [0, 0.1) is 11.8 Å². The predicted molar refractivity (Wildman–Crippen MR) is 176 cm³/mol. The third-order valence-electron chi connectivity index (χ3n) is 7.86. The van der Waals surface area contributed by atoms with E-state index >= 15 is 4.39 Å². The van der Waals surface area contributed by atoms with E-state index in [2.05, 4.69) is 27.2 Å². The molecular weight excluding hydrogens is 674 g/mol. The Morgan fingerprint density at radius 2 is 1.88 bits per heavy atom. The van der Waals surface area contributed by atoms with Crippen molar-refractivity contribution in [2.75, 3.05) is 70.8 Å². The first-order valence-corrected chi connectivity index (χ1v) is 16.9. The molecule has 17 heteroatoms. The molecule has 0 spiro atoms. The lowest BCUT2D eigenvalue weighted by atomic mass is 10.0. The maximum Gasteiger partial charge on any atom is 0.406 e. The molecule has 0 radical (unpaired) electrons. The van der Waals surface area contributed by atoms with Gasteiger partial charge >= 0.3 is 6.18 Å². The van der Waals surface area contributed by atoms with Crippen molar-refractivity contribution < 1.29 is 50.8 Å². The molecule has 3 aromatic rings. The molecule has 0 amide bonds. The molecule has 0 unspecified atom stereocenters. The zero-order valence-corrected chi connectivity index (χ0v) is 27.8. The number of nitrogens with zero attached hydrogens (tertiary/aromatic N) is 2. The van der Waals surface area contributed by atoms with Crippen LogP contribution in [0.1, 0.15) is 12.1 Å². The minimum Gasteiger partial charge on any atom is -0.495 e. The van der Waals surface area contributed by atoms with E-state index in [9.17, 15) is 31.8 Å². The number of ether oxygens (including phenoxy) is 2. The van der Waals surface area contributed by atoms with Crippen molar-refractivity contribution in [1.29, 1.82) is 0 Å². The number of hydrogen-bond donors (Lipinski definition) is 6. The summed E-state index contributed by atoms with van der Waals surface area (Å²) in [6.45, 7) is -1.33. The van der Waals surface area contributed by atoms with Gasteiger partial charge in [-0.1, -0.05) is 12.0 Å². The summed E-state index contributed by atoms with van der Waals surface area (Å²) in [5.41, 5.74) is 1.20. The predicted octanol–water partition coefficient (Wildman–Crippen LogP) is 2.14. The Balaban J connectivity index is 1.51. The van der Waals surface area contributed by atoms with Crippen LogP contribution in [-0.4, -0.2) is 124 Å². The molecule has 1 fully saturated rings. The molecule has 4 atom stereocenters. The molecule has 2 heterocycles. The molecule has 1 aliphatic heterocycles. The van der Waals surface area contributed by atoms with E-state index in [1.807, 2.05) is 4.90 Å². The number of aromatic nitrogens is 1. The highest BCUT2D eigenvalue weighted by Crippen LogP contribution is 2.32. The zero-order valence-electron chi connectivity index (χ0n) is 27.0. The Morgan fingerprint density at radius 3 is 2.55 bits per heavy atom. The Kier molecular flexibility index (Phi) is 13.1. The highest BCUT2D eigenvalue weighted by molar-refractivity contribution is 7.89. The van der Waals surface area contributed by atoms with Gasteiger partial charge in [-0.2, -0.15) is 13.2 Å². The summed E-state index contributed by atoms with van der Waals surface area (Å²) in [6, 6.07) is 9.73. The van der Waals surface area contributed by atoms with Crippen molar-refractivity contribution in [3.05, 3.63) is 48.2 Å². The number of benzene rings is 2. The number of aliphatic hydroxyl groups is 3. The van der Waals surface area contributed by atoms with Gasteiger partial charge in [0.05, 0.1) is 66.9 Å². The standard InChI is InChI=1S/C32H41F4N5O7S/c1-47-19-23(44)16-40-12-10-28(26(33)17-40)39-27-6-3-7-30-25(27)13-21(41(30)20-32(34,35)36)5-4-11-37-29-9-8-24(14-31(29)48-2)49(45,46)38-15-22(43)18-42/h3,6-9,13-14,22-23,26,28,37-39,42-44H,10-12,15-20H2,1-2H3/t22-,23-,26-,28+/m1/s1. The lowest BCUT2D eigenvalue weighted by molar-refractivity contribution is -0.140. The number of sulfonamides is 1. The SMILES string of the molecule is COC[C@H](O)CN1CC[C@H](Nc2cccc3c2cc(C#CCNc2ccc(S(=O)(=O)NC[C@@H](O)CO)cc2OC)n3CC(F)(F)F)[C@H](F)C1. The fourth-order valence-electron chi connectivity index (χ4n) is 5.52. The van der Waals surface area contributed by atoms with Crippen LogP contribution in [0.25, 0.3) is 10.9 Å². The van der Waals surface area contributed by atoms with Gasteiger partial charge in [-0.25, -0.2) is 17.5 Å². The summed E-state index contributed by atoms with van der Waals surface area (Å²) in [7, 11) is -1.23. The Hall–Kier alpha value is -3.63. The molecular formula is C32H41F4N5O7S. The number of piperidine rings is 1. The number of rotatable bonds is 15. The van der Waals surface area contributed by atoms with Crippen LogP contribution in [0.4, 0.5) is 28.9 Å². The number of nitrogens with one attached hydrogen (secondary N) is 3. The number of aliphatic hydroxyl groups excluding tert-OH is 3. The first-order valence-electron chi connectivity index (χ1n) is 15.4.